The molecule has 0 saturated carbocycles. The number of benzene rings is 2. The Bertz CT molecular complexity index is 1150. The van der Waals surface area contributed by atoms with Crippen LogP contribution >= 0.6 is 0 Å². The van der Waals surface area contributed by atoms with Crippen LogP contribution in [0, 0.1) is 17.4 Å². The van der Waals surface area contributed by atoms with Crippen LogP contribution in [-0.4, -0.2) is 39.2 Å². The summed E-state index contributed by atoms with van der Waals surface area (Å²) < 4.78 is 9.86. The van der Waals surface area contributed by atoms with Crippen LogP contribution in [0.4, 0.5) is 0 Å². The number of carbonyl (C=O) groups is 2. The van der Waals surface area contributed by atoms with Crippen molar-refractivity contribution < 1.29 is 19.1 Å². The van der Waals surface area contributed by atoms with E-state index in [2.05, 4.69) is 36.1 Å². The van der Waals surface area contributed by atoms with Gasteiger partial charge in [0, 0.05) is 22.4 Å². The van der Waals surface area contributed by atoms with E-state index < -0.39 is 25.9 Å². The molecule has 3 aromatic rings. The Morgan fingerprint density at radius 1 is 0.938 bits per heavy atom. The number of H-pyrrole nitrogens is 1. The fraction of sp³-hybridized carbons (Fsp3) is 0.308. The molecule has 166 valence electrons. The third-order valence-corrected chi connectivity index (χ3v) is 6.18. The number of rotatable bonds is 6. The van der Waals surface area contributed by atoms with Gasteiger partial charge in [-0.15, -0.1) is 5.54 Å². The minimum Gasteiger partial charge on any atom is -0.468 e. The Morgan fingerprint density at radius 2 is 1.53 bits per heavy atom. The minimum absolute atomic E-state index is 0.215. The highest BCUT2D eigenvalue weighted by molar-refractivity contribution is 6.83. The molecule has 1 unspecified atom stereocenters. The van der Waals surface area contributed by atoms with Gasteiger partial charge in [-0.3, -0.25) is 9.59 Å². The standard InChI is InChI=1S/C26H29NO4Si/c1-30-25(28)21(26(29)31-2)17-20(18-11-7-6-8-12-18)24-19-13-9-10-14-22(19)27-23(24)15-16-32(3,4)5/h6-14,20-21,27H,17H2,1-5H3. The minimum atomic E-state index is -1.63. The number of methoxy groups -OCH3 is 2. The number of para-hydroxylation sites is 1. The number of aromatic amines is 1. The van der Waals surface area contributed by atoms with Gasteiger partial charge in [-0.2, -0.15) is 0 Å². The van der Waals surface area contributed by atoms with E-state index in [0.717, 1.165) is 27.7 Å². The van der Waals surface area contributed by atoms with Crippen LogP contribution in [0.15, 0.2) is 54.6 Å². The number of ether oxygens (including phenoxy) is 2. The van der Waals surface area contributed by atoms with Crippen molar-refractivity contribution in [1.82, 2.24) is 4.98 Å². The fourth-order valence-electron chi connectivity index (χ4n) is 3.79. The Labute approximate surface area is 190 Å². The summed E-state index contributed by atoms with van der Waals surface area (Å²) in [7, 11) is 0.934. The predicted molar refractivity (Wildman–Crippen MR) is 129 cm³/mol. The van der Waals surface area contributed by atoms with Gasteiger partial charge in [0.2, 0.25) is 0 Å². The third kappa shape index (κ3) is 5.30. The zero-order valence-corrected chi connectivity index (χ0v) is 20.2. The SMILES string of the molecule is COC(=O)C(CC(c1ccccc1)c1c(C#C[Si](C)(C)C)[nH]c2ccccc12)C(=O)OC. The first-order valence-corrected chi connectivity index (χ1v) is 14.1. The van der Waals surface area contributed by atoms with E-state index in [1.807, 2.05) is 54.6 Å². The molecule has 0 aliphatic carbocycles. The average molecular weight is 448 g/mol. The second-order valence-electron chi connectivity index (χ2n) is 8.76. The molecule has 5 nitrogen and oxygen atoms in total. The number of nitrogens with one attached hydrogen (secondary N) is 1. The van der Waals surface area contributed by atoms with E-state index in [1.54, 1.807) is 0 Å². The van der Waals surface area contributed by atoms with Gasteiger partial charge in [0.1, 0.15) is 8.07 Å². The molecular weight excluding hydrogens is 418 g/mol. The van der Waals surface area contributed by atoms with Crippen LogP contribution in [0.5, 0.6) is 0 Å². The van der Waals surface area contributed by atoms with E-state index in [9.17, 15) is 9.59 Å². The maximum atomic E-state index is 12.5. The summed E-state index contributed by atoms with van der Waals surface area (Å²) in [4.78, 5) is 28.5. The lowest BCUT2D eigenvalue weighted by atomic mass is 9.82. The van der Waals surface area contributed by atoms with Gasteiger partial charge >= 0.3 is 11.9 Å². The number of fused-ring (bicyclic) bond motifs is 1. The number of hydrogen-bond donors (Lipinski definition) is 1. The lowest BCUT2D eigenvalue weighted by molar-refractivity contribution is -0.159. The molecule has 0 fully saturated rings. The number of aromatic nitrogens is 1. The van der Waals surface area contributed by atoms with E-state index in [-0.39, 0.29) is 12.3 Å². The molecule has 0 bridgehead atoms. The fourth-order valence-corrected chi connectivity index (χ4v) is 4.29. The molecule has 0 aliphatic heterocycles. The number of esters is 2. The summed E-state index contributed by atoms with van der Waals surface area (Å²) in [6, 6.07) is 17.9. The predicted octanol–water partition coefficient (Wildman–Crippen LogP) is 4.88. The molecule has 0 spiro atoms. The van der Waals surface area contributed by atoms with Gasteiger partial charge in [-0.1, -0.05) is 74.1 Å². The van der Waals surface area contributed by atoms with Gasteiger partial charge in [-0.05, 0) is 18.1 Å². The topological polar surface area (TPSA) is 68.4 Å². The van der Waals surface area contributed by atoms with Crippen LogP contribution in [0.25, 0.3) is 10.9 Å². The van der Waals surface area contributed by atoms with E-state index >= 15 is 0 Å². The van der Waals surface area contributed by atoms with Crippen molar-refractivity contribution in [1.29, 1.82) is 0 Å². The third-order valence-electron chi connectivity index (χ3n) is 5.30. The van der Waals surface area contributed by atoms with Crippen molar-refractivity contribution in [2.75, 3.05) is 14.2 Å². The maximum Gasteiger partial charge on any atom is 0.320 e. The first-order chi connectivity index (χ1) is 15.2. The second kappa shape index (κ2) is 9.88. The molecule has 1 N–H and O–H groups in total. The molecule has 0 saturated heterocycles. The summed E-state index contributed by atoms with van der Waals surface area (Å²) in [5.74, 6) is 0.865. The maximum absolute atomic E-state index is 12.5. The van der Waals surface area contributed by atoms with E-state index in [1.165, 1.54) is 14.2 Å². The number of hydrogen-bond acceptors (Lipinski definition) is 4. The number of carbonyl (C=O) groups excluding carboxylic acids is 2. The largest absolute Gasteiger partial charge is 0.468 e. The molecule has 1 heterocycles. The molecule has 1 aromatic heterocycles. The van der Waals surface area contributed by atoms with Crippen LogP contribution in [0.3, 0.4) is 0 Å². The van der Waals surface area contributed by atoms with Crippen LogP contribution in [0.2, 0.25) is 19.6 Å². The van der Waals surface area contributed by atoms with E-state index in [0.29, 0.717) is 0 Å². The van der Waals surface area contributed by atoms with Crippen LogP contribution in [0.1, 0.15) is 29.2 Å². The summed E-state index contributed by atoms with van der Waals surface area (Å²) in [5, 5.41) is 1.02. The average Bonchev–Trinajstić information content (AvgIpc) is 3.16. The molecular formula is C26H29NO4Si. The van der Waals surface area contributed by atoms with Gasteiger partial charge in [0.15, 0.2) is 5.92 Å². The summed E-state index contributed by atoms with van der Waals surface area (Å²) in [6.07, 6.45) is 0.215. The zero-order valence-electron chi connectivity index (χ0n) is 19.2. The molecule has 0 amide bonds. The van der Waals surface area contributed by atoms with Crippen molar-refractivity contribution >= 4 is 30.9 Å². The summed E-state index contributed by atoms with van der Waals surface area (Å²) in [5.41, 5.74) is 7.20. The van der Waals surface area contributed by atoms with Gasteiger partial charge in [-0.25, -0.2) is 0 Å². The molecule has 0 radical (unpaired) electrons. The van der Waals surface area contributed by atoms with Crippen LogP contribution in [-0.2, 0) is 19.1 Å². The highest BCUT2D eigenvalue weighted by atomic mass is 28.3. The second-order valence-corrected chi connectivity index (χ2v) is 13.5. The smallest absolute Gasteiger partial charge is 0.320 e. The molecule has 32 heavy (non-hydrogen) atoms. The Balaban J connectivity index is 2.24. The lowest BCUT2D eigenvalue weighted by Crippen LogP contribution is -2.28. The van der Waals surface area contributed by atoms with Gasteiger partial charge < -0.3 is 14.5 Å². The molecule has 3 rings (SSSR count). The Kier molecular flexibility index (Phi) is 7.21. The van der Waals surface area contributed by atoms with Crippen molar-refractivity contribution in [3.63, 3.8) is 0 Å². The molecule has 0 aliphatic rings. The monoisotopic (exact) mass is 447 g/mol. The first kappa shape index (κ1) is 23.4. The van der Waals surface area contributed by atoms with Gasteiger partial charge in [0.25, 0.3) is 0 Å². The van der Waals surface area contributed by atoms with E-state index in [4.69, 9.17) is 9.47 Å². The lowest BCUT2D eigenvalue weighted by Gasteiger charge is -2.22. The van der Waals surface area contributed by atoms with Crippen LogP contribution < -0.4 is 0 Å². The van der Waals surface area contributed by atoms with Gasteiger partial charge in [0.05, 0.1) is 19.9 Å². The van der Waals surface area contributed by atoms with Crippen molar-refractivity contribution in [2.24, 2.45) is 5.92 Å². The van der Waals surface area contributed by atoms with Crippen molar-refractivity contribution in [3.8, 4) is 11.5 Å². The Morgan fingerprint density at radius 3 is 2.12 bits per heavy atom. The molecule has 6 heteroatoms. The first-order valence-electron chi connectivity index (χ1n) is 10.6. The highest BCUT2D eigenvalue weighted by Gasteiger charge is 2.34. The van der Waals surface area contributed by atoms with Crippen molar-refractivity contribution in [2.45, 2.75) is 32.0 Å². The quantitative estimate of drug-likeness (QED) is 0.253. The normalized spacial score (nSPS) is 12.2. The highest BCUT2D eigenvalue weighted by Crippen LogP contribution is 2.38. The molecule has 2 aromatic carbocycles. The van der Waals surface area contributed by atoms with Crippen molar-refractivity contribution in [3.05, 3.63) is 71.4 Å². The summed E-state index contributed by atoms with van der Waals surface area (Å²) in [6.45, 7) is 6.59. The Hall–Kier alpha value is -3.30. The molecule has 1 atom stereocenters. The summed E-state index contributed by atoms with van der Waals surface area (Å²) >= 11 is 0. The zero-order chi connectivity index (χ0) is 23.3.